The van der Waals surface area contributed by atoms with Gasteiger partial charge >= 0.3 is 11.9 Å². The summed E-state index contributed by atoms with van der Waals surface area (Å²) in [6.45, 7) is 0. The second-order valence-electron chi connectivity index (χ2n) is 5.24. The maximum atomic E-state index is 12.1. The fourth-order valence-electron chi connectivity index (χ4n) is 2.43. The molecule has 10 heteroatoms. The molecule has 3 rings (SSSR count). The third-order valence-electron chi connectivity index (χ3n) is 3.69. The van der Waals surface area contributed by atoms with E-state index in [4.69, 9.17) is 15.2 Å². The summed E-state index contributed by atoms with van der Waals surface area (Å²) >= 11 is 2.33. The van der Waals surface area contributed by atoms with Crippen molar-refractivity contribution in [1.29, 1.82) is 0 Å². The Bertz CT molecular complexity index is 969. The summed E-state index contributed by atoms with van der Waals surface area (Å²) in [5.74, 6) is -0.880. The number of esters is 2. The first kappa shape index (κ1) is 18.9. The zero-order chi connectivity index (χ0) is 19.4. The normalized spacial score (nSPS) is 10.6. The fourth-order valence-corrected chi connectivity index (χ4v) is 4.47. The Labute approximate surface area is 163 Å². The van der Waals surface area contributed by atoms with E-state index in [1.165, 1.54) is 26.0 Å². The van der Waals surface area contributed by atoms with Crippen LogP contribution in [0.2, 0.25) is 0 Å². The van der Waals surface area contributed by atoms with Gasteiger partial charge < -0.3 is 15.2 Å². The Hall–Kier alpha value is -2.85. The van der Waals surface area contributed by atoms with Gasteiger partial charge in [0.1, 0.15) is 16.2 Å². The number of aromatic nitrogens is 3. The fraction of sp³-hybridized carbons (Fsp3) is 0.176. The van der Waals surface area contributed by atoms with Crippen molar-refractivity contribution < 1.29 is 19.1 Å². The molecule has 3 aromatic rings. The van der Waals surface area contributed by atoms with Crippen LogP contribution in [0.5, 0.6) is 0 Å². The van der Waals surface area contributed by atoms with Crippen LogP contribution in [-0.4, -0.2) is 40.9 Å². The summed E-state index contributed by atoms with van der Waals surface area (Å²) in [7, 11) is 2.54. The average Bonchev–Trinajstić information content (AvgIpc) is 3.29. The lowest BCUT2D eigenvalue weighted by atomic mass is 10.1. The summed E-state index contributed by atoms with van der Waals surface area (Å²) in [4.78, 5) is 24.5. The van der Waals surface area contributed by atoms with Gasteiger partial charge in [0.05, 0.1) is 19.8 Å². The minimum atomic E-state index is -0.598. The molecule has 0 fully saturated rings. The van der Waals surface area contributed by atoms with E-state index < -0.39 is 11.9 Å². The molecule has 0 amide bonds. The number of nitrogens with zero attached hydrogens (tertiary/aromatic N) is 3. The molecule has 0 radical (unpaired) electrons. The van der Waals surface area contributed by atoms with Crippen molar-refractivity contribution in [2.45, 2.75) is 10.9 Å². The van der Waals surface area contributed by atoms with Gasteiger partial charge in [0.25, 0.3) is 0 Å². The van der Waals surface area contributed by atoms with Crippen molar-refractivity contribution in [2.24, 2.45) is 0 Å². The quantitative estimate of drug-likeness (QED) is 0.493. The zero-order valence-electron chi connectivity index (χ0n) is 14.5. The maximum Gasteiger partial charge on any atom is 0.348 e. The number of hydrogen-bond acceptors (Lipinski definition) is 9. The highest BCUT2D eigenvalue weighted by Crippen LogP contribution is 2.36. The minimum Gasteiger partial charge on any atom is -0.465 e. The first-order valence-electron chi connectivity index (χ1n) is 7.72. The maximum absolute atomic E-state index is 12.1. The highest BCUT2D eigenvalue weighted by Gasteiger charge is 2.27. The molecule has 2 N–H and O–H groups in total. The summed E-state index contributed by atoms with van der Waals surface area (Å²) in [6, 6.07) is 9.59. The van der Waals surface area contributed by atoms with Crippen molar-refractivity contribution in [1.82, 2.24) is 14.8 Å². The number of thiophene rings is 1. The van der Waals surface area contributed by atoms with E-state index in [1.54, 1.807) is 6.33 Å². The molecule has 2 heterocycles. The van der Waals surface area contributed by atoms with Crippen LogP contribution in [0, 0.1) is 0 Å². The van der Waals surface area contributed by atoms with Crippen LogP contribution in [0.15, 0.2) is 41.8 Å². The highest BCUT2D eigenvalue weighted by atomic mass is 32.2. The third kappa shape index (κ3) is 3.81. The second kappa shape index (κ2) is 8.23. The van der Waals surface area contributed by atoms with Crippen molar-refractivity contribution in [3.8, 4) is 5.69 Å². The van der Waals surface area contributed by atoms with Gasteiger partial charge in [-0.25, -0.2) is 9.59 Å². The van der Waals surface area contributed by atoms with Gasteiger partial charge in [0.15, 0.2) is 5.16 Å². The van der Waals surface area contributed by atoms with E-state index in [0.29, 0.717) is 10.7 Å². The van der Waals surface area contributed by atoms with Crippen molar-refractivity contribution in [2.75, 3.05) is 20.0 Å². The molecule has 2 aromatic heterocycles. The molecule has 0 aliphatic heterocycles. The molecule has 0 atom stereocenters. The summed E-state index contributed by atoms with van der Waals surface area (Å²) in [6.07, 6.45) is 1.60. The number of anilines is 1. The van der Waals surface area contributed by atoms with E-state index in [1.807, 2.05) is 34.9 Å². The number of methoxy groups -OCH3 is 2. The van der Waals surface area contributed by atoms with E-state index in [2.05, 4.69) is 10.2 Å². The Morgan fingerprint density at radius 2 is 1.89 bits per heavy atom. The third-order valence-corrected chi connectivity index (χ3v) is 5.70. The number of benzene rings is 1. The lowest BCUT2D eigenvalue weighted by Crippen LogP contribution is -2.08. The first-order chi connectivity index (χ1) is 13.1. The van der Waals surface area contributed by atoms with Gasteiger partial charge in [0.2, 0.25) is 0 Å². The van der Waals surface area contributed by atoms with Gasteiger partial charge in [-0.2, -0.15) is 0 Å². The highest BCUT2D eigenvalue weighted by molar-refractivity contribution is 7.98. The van der Waals surface area contributed by atoms with Gasteiger partial charge in [-0.15, -0.1) is 21.5 Å². The zero-order valence-corrected chi connectivity index (χ0v) is 16.2. The number of hydrogen-bond donors (Lipinski definition) is 1. The van der Waals surface area contributed by atoms with E-state index >= 15 is 0 Å². The van der Waals surface area contributed by atoms with Crippen molar-refractivity contribution in [3.63, 3.8) is 0 Å². The molecule has 0 saturated carbocycles. The van der Waals surface area contributed by atoms with Crippen LogP contribution in [0.4, 0.5) is 5.00 Å². The van der Waals surface area contributed by atoms with Crippen LogP contribution >= 0.6 is 23.1 Å². The van der Waals surface area contributed by atoms with Crippen molar-refractivity contribution >= 4 is 40.0 Å². The Balaban J connectivity index is 1.94. The van der Waals surface area contributed by atoms with E-state index in [-0.39, 0.29) is 21.2 Å². The lowest BCUT2D eigenvalue weighted by molar-refractivity contribution is 0.0601. The summed E-state index contributed by atoms with van der Waals surface area (Å²) in [5.41, 5.74) is 7.49. The summed E-state index contributed by atoms with van der Waals surface area (Å²) in [5, 5.41) is 8.89. The molecule has 0 unspecified atom stereocenters. The number of nitrogens with two attached hydrogens (primary N) is 1. The molecule has 0 aliphatic rings. The molecule has 8 nitrogen and oxygen atoms in total. The first-order valence-corrected chi connectivity index (χ1v) is 9.53. The monoisotopic (exact) mass is 404 g/mol. The standard InChI is InChI=1S/C17H16N4O4S2/c1-24-15(22)12-11(13(16(23)25-2)27-14(12)18)8-26-17-20-19-9-21(17)10-6-4-3-5-7-10/h3-7,9H,8,18H2,1-2H3. The smallest absolute Gasteiger partial charge is 0.348 e. The largest absolute Gasteiger partial charge is 0.465 e. The van der Waals surface area contributed by atoms with Crippen LogP contribution in [0.25, 0.3) is 5.69 Å². The molecule has 0 spiro atoms. The van der Waals surface area contributed by atoms with Gasteiger partial charge in [-0.05, 0) is 12.1 Å². The molecular weight excluding hydrogens is 388 g/mol. The topological polar surface area (TPSA) is 109 Å². The average molecular weight is 404 g/mol. The lowest BCUT2D eigenvalue weighted by Gasteiger charge is -2.08. The molecule has 140 valence electrons. The number of thioether (sulfide) groups is 1. The van der Waals surface area contributed by atoms with Gasteiger partial charge in [0, 0.05) is 17.0 Å². The molecular formula is C17H16N4O4S2. The van der Waals surface area contributed by atoms with Crippen LogP contribution in [-0.2, 0) is 15.2 Å². The predicted octanol–water partition coefficient (Wildman–Crippen LogP) is 2.78. The minimum absolute atomic E-state index is 0.182. The van der Waals surface area contributed by atoms with Crippen LogP contribution < -0.4 is 5.73 Å². The molecule has 0 aliphatic carbocycles. The number of ether oxygens (including phenoxy) is 2. The Morgan fingerprint density at radius 3 is 2.56 bits per heavy atom. The molecule has 1 aromatic carbocycles. The number of rotatable bonds is 6. The number of carbonyl (C=O) groups excluding carboxylic acids is 2. The number of nitrogen functional groups attached to an aromatic ring is 1. The SMILES string of the molecule is COC(=O)c1sc(N)c(C(=O)OC)c1CSc1nncn1-c1ccccc1. The Kier molecular flexibility index (Phi) is 5.77. The number of para-hydroxylation sites is 1. The van der Waals surface area contributed by atoms with E-state index in [9.17, 15) is 9.59 Å². The van der Waals surface area contributed by atoms with Crippen LogP contribution in [0.1, 0.15) is 25.6 Å². The summed E-state index contributed by atoms with van der Waals surface area (Å²) < 4.78 is 11.4. The predicted molar refractivity (Wildman–Crippen MR) is 102 cm³/mol. The van der Waals surface area contributed by atoms with E-state index in [0.717, 1.165) is 17.0 Å². The second-order valence-corrected chi connectivity index (χ2v) is 7.23. The van der Waals surface area contributed by atoms with Crippen molar-refractivity contribution in [3.05, 3.63) is 52.7 Å². The van der Waals surface area contributed by atoms with Gasteiger partial charge in [-0.3, -0.25) is 4.57 Å². The molecule has 0 saturated heterocycles. The molecule has 0 bridgehead atoms. The van der Waals surface area contributed by atoms with Crippen LogP contribution in [0.3, 0.4) is 0 Å². The molecule has 27 heavy (non-hydrogen) atoms. The number of carbonyl (C=O) groups is 2. The van der Waals surface area contributed by atoms with Gasteiger partial charge in [-0.1, -0.05) is 30.0 Å². The Morgan fingerprint density at radius 1 is 1.19 bits per heavy atom.